The molecular formula is C13H17N3O3S. The van der Waals surface area contributed by atoms with Crippen molar-refractivity contribution in [3.05, 3.63) is 23.8 Å². The first-order valence-corrected chi connectivity index (χ1v) is 7.83. The van der Waals surface area contributed by atoms with Crippen molar-refractivity contribution < 1.29 is 13.5 Å². The number of nitrogens with zero attached hydrogens (tertiary/aromatic N) is 2. The van der Waals surface area contributed by atoms with Gasteiger partial charge < -0.3 is 10.8 Å². The van der Waals surface area contributed by atoms with Crippen LogP contribution >= 0.6 is 0 Å². The largest absolute Gasteiger partial charge is 0.398 e. The highest BCUT2D eigenvalue weighted by Crippen LogP contribution is 2.27. The van der Waals surface area contributed by atoms with Crippen LogP contribution in [0.2, 0.25) is 0 Å². The van der Waals surface area contributed by atoms with Gasteiger partial charge in [0.1, 0.15) is 4.90 Å². The molecule has 1 aliphatic heterocycles. The number of nitrogen functional groups attached to an aromatic ring is 1. The van der Waals surface area contributed by atoms with E-state index in [1.165, 1.54) is 22.5 Å². The van der Waals surface area contributed by atoms with Crippen LogP contribution in [0.15, 0.2) is 23.1 Å². The second-order valence-electron chi connectivity index (χ2n) is 4.92. The van der Waals surface area contributed by atoms with Crippen LogP contribution in [0.1, 0.15) is 18.4 Å². The van der Waals surface area contributed by atoms with Gasteiger partial charge >= 0.3 is 0 Å². The van der Waals surface area contributed by atoms with Gasteiger partial charge in [0.2, 0.25) is 10.0 Å². The van der Waals surface area contributed by atoms with Crippen LogP contribution in [0, 0.1) is 17.2 Å². The number of aliphatic hydroxyl groups excluding tert-OH is 1. The summed E-state index contributed by atoms with van der Waals surface area (Å²) in [6.45, 7) is 0.714. The first-order valence-electron chi connectivity index (χ1n) is 6.39. The van der Waals surface area contributed by atoms with Crippen molar-refractivity contribution in [2.75, 3.05) is 25.4 Å². The number of rotatable bonds is 3. The van der Waals surface area contributed by atoms with E-state index in [9.17, 15) is 13.5 Å². The number of nitrogens with two attached hydrogens (primary N) is 1. The van der Waals surface area contributed by atoms with Crippen molar-refractivity contribution in [3.8, 4) is 6.07 Å². The summed E-state index contributed by atoms with van der Waals surface area (Å²) in [4.78, 5) is 0.0232. The number of hydrogen-bond acceptors (Lipinski definition) is 5. The average molecular weight is 295 g/mol. The van der Waals surface area contributed by atoms with Crippen LogP contribution in [0.5, 0.6) is 0 Å². The highest BCUT2D eigenvalue weighted by Gasteiger charge is 2.31. The van der Waals surface area contributed by atoms with Gasteiger partial charge in [-0.25, -0.2) is 8.42 Å². The summed E-state index contributed by atoms with van der Waals surface area (Å²) in [5.41, 5.74) is 6.16. The van der Waals surface area contributed by atoms with Gasteiger partial charge in [0.25, 0.3) is 0 Å². The Morgan fingerprint density at radius 2 is 2.25 bits per heavy atom. The molecule has 1 aromatic carbocycles. The van der Waals surface area contributed by atoms with Gasteiger partial charge in [-0.1, -0.05) is 0 Å². The topological polar surface area (TPSA) is 107 Å². The molecule has 1 heterocycles. The second-order valence-corrected chi connectivity index (χ2v) is 6.82. The minimum Gasteiger partial charge on any atom is -0.398 e. The summed E-state index contributed by atoms with van der Waals surface area (Å²) >= 11 is 0. The Labute approximate surface area is 118 Å². The van der Waals surface area contributed by atoms with E-state index >= 15 is 0 Å². The number of aliphatic hydroxyl groups is 1. The van der Waals surface area contributed by atoms with Gasteiger partial charge in [-0.05, 0) is 37.0 Å². The van der Waals surface area contributed by atoms with Crippen LogP contribution in [-0.2, 0) is 10.0 Å². The summed E-state index contributed by atoms with van der Waals surface area (Å²) in [7, 11) is -3.67. The number of nitriles is 1. The Morgan fingerprint density at radius 3 is 2.85 bits per heavy atom. The molecule has 1 fully saturated rings. The van der Waals surface area contributed by atoms with E-state index in [0.29, 0.717) is 18.7 Å². The molecular weight excluding hydrogens is 278 g/mol. The van der Waals surface area contributed by atoms with E-state index in [0.717, 1.165) is 12.8 Å². The summed E-state index contributed by atoms with van der Waals surface area (Å²) in [5, 5.41) is 18.0. The molecule has 20 heavy (non-hydrogen) atoms. The molecule has 0 spiro atoms. The molecule has 0 bridgehead atoms. The van der Waals surface area contributed by atoms with Gasteiger partial charge in [0.05, 0.1) is 17.3 Å². The third-order valence-electron chi connectivity index (χ3n) is 3.50. The lowest BCUT2D eigenvalue weighted by Gasteiger charge is -2.31. The summed E-state index contributed by atoms with van der Waals surface area (Å²) in [6.07, 6.45) is 1.55. The third kappa shape index (κ3) is 2.77. The summed E-state index contributed by atoms with van der Waals surface area (Å²) in [6, 6.07) is 6.09. The predicted octanol–water partition coefficient (Wildman–Crippen LogP) is 0.533. The SMILES string of the molecule is N#Cc1ccc(S(=O)(=O)N2CCCC(CO)C2)c(N)c1. The van der Waals surface area contributed by atoms with E-state index < -0.39 is 10.0 Å². The lowest BCUT2D eigenvalue weighted by atomic mass is 10.0. The average Bonchev–Trinajstić information content (AvgIpc) is 2.46. The van der Waals surface area contributed by atoms with Gasteiger partial charge in [-0.15, -0.1) is 0 Å². The van der Waals surface area contributed by atoms with Crippen LogP contribution in [0.25, 0.3) is 0 Å². The normalized spacial score (nSPS) is 20.5. The highest BCUT2D eigenvalue weighted by molar-refractivity contribution is 7.89. The van der Waals surface area contributed by atoms with Gasteiger partial charge in [-0.3, -0.25) is 0 Å². The van der Waals surface area contributed by atoms with Crippen molar-refractivity contribution in [2.45, 2.75) is 17.7 Å². The zero-order valence-corrected chi connectivity index (χ0v) is 11.8. The quantitative estimate of drug-likeness (QED) is 0.791. The summed E-state index contributed by atoms with van der Waals surface area (Å²) < 4.78 is 26.5. The Bertz CT molecular complexity index is 637. The molecule has 1 atom stereocenters. The van der Waals surface area contributed by atoms with Crippen molar-refractivity contribution in [1.82, 2.24) is 4.31 Å². The molecule has 0 aromatic heterocycles. The Hall–Kier alpha value is -1.62. The van der Waals surface area contributed by atoms with E-state index in [-0.39, 0.29) is 23.1 Å². The molecule has 7 heteroatoms. The first kappa shape index (κ1) is 14.8. The fourth-order valence-corrected chi connectivity index (χ4v) is 4.04. The van der Waals surface area contributed by atoms with Crippen molar-refractivity contribution in [2.24, 2.45) is 5.92 Å². The maximum Gasteiger partial charge on any atom is 0.245 e. The molecule has 1 saturated heterocycles. The van der Waals surface area contributed by atoms with Gasteiger partial charge in [0, 0.05) is 19.7 Å². The molecule has 1 aliphatic rings. The fraction of sp³-hybridized carbons (Fsp3) is 0.462. The monoisotopic (exact) mass is 295 g/mol. The van der Waals surface area contributed by atoms with Crippen molar-refractivity contribution >= 4 is 15.7 Å². The fourth-order valence-electron chi connectivity index (χ4n) is 2.39. The van der Waals surface area contributed by atoms with E-state index in [1.54, 1.807) is 0 Å². The molecule has 3 N–H and O–H groups in total. The summed E-state index contributed by atoms with van der Waals surface area (Å²) in [5.74, 6) is -0.0295. The number of piperidine rings is 1. The number of anilines is 1. The molecule has 1 unspecified atom stereocenters. The number of benzene rings is 1. The van der Waals surface area contributed by atoms with Crippen LogP contribution in [-0.4, -0.2) is 37.5 Å². The zero-order valence-electron chi connectivity index (χ0n) is 11.0. The first-order chi connectivity index (χ1) is 9.48. The lowest BCUT2D eigenvalue weighted by Crippen LogP contribution is -2.41. The molecule has 108 valence electrons. The third-order valence-corrected chi connectivity index (χ3v) is 5.44. The predicted molar refractivity (Wildman–Crippen MR) is 74.1 cm³/mol. The number of hydrogen-bond donors (Lipinski definition) is 2. The maximum atomic E-state index is 12.6. The molecule has 2 rings (SSSR count). The zero-order chi connectivity index (χ0) is 14.8. The molecule has 1 aromatic rings. The smallest absolute Gasteiger partial charge is 0.245 e. The Balaban J connectivity index is 2.33. The Morgan fingerprint density at radius 1 is 1.50 bits per heavy atom. The van der Waals surface area contributed by atoms with Crippen LogP contribution in [0.3, 0.4) is 0 Å². The minimum absolute atomic E-state index is 0.0190. The molecule has 0 amide bonds. The highest BCUT2D eigenvalue weighted by atomic mass is 32.2. The van der Waals surface area contributed by atoms with E-state index in [4.69, 9.17) is 11.0 Å². The van der Waals surface area contributed by atoms with Crippen molar-refractivity contribution in [1.29, 1.82) is 5.26 Å². The molecule has 0 saturated carbocycles. The minimum atomic E-state index is -3.67. The van der Waals surface area contributed by atoms with Crippen LogP contribution < -0.4 is 5.73 Å². The molecule has 0 radical (unpaired) electrons. The lowest BCUT2D eigenvalue weighted by molar-refractivity contribution is 0.165. The maximum absolute atomic E-state index is 12.6. The second kappa shape index (κ2) is 5.79. The van der Waals surface area contributed by atoms with E-state index in [2.05, 4.69) is 0 Å². The Kier molecular flexibility index (Phi) is 4.28. The molecule has 6 nitrogen and oxygen atoms in total. The van der Waals surface area contributed by atoms with Gasteiger partial charge in [-0.2, -0.15) is 9.57 Å². The van der Waals surface area contributed by atoms with Crippen LogP contribution in [0.4, 0.5) is 5.69 Å². The standard InChI is InChI=1S/C13H17N3O3S/c14-7-10-3-4-13(12(15)6-10)20(18,19)16-5-1-2-11(8-16)9-17/h3-4,6,11,17H,1-2,5,8-9,15H2. The van der Waals surface area contributed by atoms with E-state index in [1.807, 2.05) is 6.07 Å². The van der Waals surface area contributed by atoms with Crippen molar-refractivity contribution in [3.63, 3.8) is 0 Å². The number of sulfonamides is 1. The molecule has 0 aliphatic carbocycles. The van der Waals surface area contributed by atoms with Gasteiger partial charge in [0.15, 0.2) is 0 Å².